The van der Waals surface area contributed by atoms with Crippen LogP contribution in [0.5, 0.6) is 5.75 Å². The van der Waals surface area contributed by atoms with E-state index in [0.717, 1.165) is 0 Å². The molecule has 2 heterocycles. The Morgan fingerprint density at radius 1 is 1.13 bits per heavy atom. The number of aliphatic hydroxyl groups is 1. The van der Waals surface area contributed by atoms with Crippen LogP contribution < -0.4 is 4.74 Å². The number of likely N-dealkylation sites (tertiary alicyclic amines) is 1. The maximum atomic E-state index is 13.3. The number of benzene rings is 2. The van der Waals surface area contributed by atoms with E-state index in [1.807, 2.05) is 0 Å². The second kappa shape index (κ2) is 8.39. The Hall–Kier alpha value is -4.00. The van der Waals surface area contributed by atoms with E-state index >= 15 is 0 Å². The van der Waals surface area contributed by atoms with E-state index in [1.54, 1.807) is 60.9 Å². The molecule has 7 heteroatoms. The van der Waals surface area contributed by atoms with E-state index in [2.05, 4.69) is 4.98 Å². The zero-order chi connectivity index (χ0) is 22.0. The molecule has 1 fully saturated rings. The van der Waals surface area contributed by atoms with Crippen molar-refractivity contribution in [2.45, 2.75) is 12.6 Å². The number of rotatable bonds is 5. The fourth-order valence-electron chi connectivity index (χ4n) is 3.64. The average Bonchev–Trinajstić information content (AvgIpc) is 3.05. The summed E-state index contributed by atoms with van der Waals surface area (Å²) in [5, 5.41) is 11.0. The van der Waals surface area contributed by atoms with Crippen LogP contribution >= 0.6 is 0 Å². The fourth-order valence-corrected chi connectivity index (χ4v) is 3.64. The number of Topliss-reactive ketones (excluding diaryl/α,β-unsaturated/α-hetero) is 1. The lowest BCUT2D eigenvalue weighted by molar-refractivity contribution is -0.140. The van der Waals surface area contributed by atoms with Crippen molar-refractivity contribution in [3.8, 4) is 5.75 Å². The van der Waals surface area contributed by atoms with E-state index in [1.165, 1.54) is 24.1 Å². The van der Waals surface area contributed by atoms with Gasteiger partial charge in [0, 0.05) is 24.5 Å². The number of carbonyl (C=O) groups is 2. The van der Waals surface area contributed by atoms with Crippen LogP contribution in [-0.2, 0) is 16.1 Å². The highest BCUT2D eigenvalue weighted by Crippen LogP contribution is 2.40. The molecular formula is C24H19FN2O4. The molecule has 4 rings (SSSR count). The number of hydrogen-bond donors (Lipinski definition) is 1. The first-order valence-corrected chi connectivity index (χ1v) is 9.57. The predicted molar refractivity (Wildman–Crippen MR) is 111 cm³/mol. The Morgan fingerprint density at radius 3 is 2.58 bits per heavy atom. The number of pyridine rings is 1. The first kappa shape index (κ1) is 20.3. The van der Waals surface area contributed by atoms with Gasteiger partial charge in [-0.25, -0.2) is 4.39 Å². The molecule has 2 aromatic carbocycles. The molecule has 0 radical (unpaired) electrons. The van der Waals surface area contributed by atoms with Gasteiger partial charge in [0.2, 0.25) is 0 Å². The van der Waals surface area contributed by atoms with Crippen LogP contribution in [0.2, 0.25) is 0 Å². The lowest BCUT2D eigenvalue weighted by Gasteiger charge is -2.25. The van der Waals surface area contributed by atoms with Crippen molar-refractivity contribution < 1.29 is 23.8 Å². The third-order valence-electron chi connectivity index (χ3n) is 5.15. The number of carbonyl (C=O) groups excluding carboxylic acids is 2. The van der Waals surface area contributed by atoms with Gasteiger partial charge in [-0.15, -0.1) is 0 Å². The summed E-state index contributed by atoms with van der Waals surface area (Å²) in [7, 11) is 1.50. The first-order chi connectivity index (χ1) is 15.0. The third kappa shape index (κ3) is 3.90. The average molecular weight is 418 g/mol. The van der Waals surface area contributed by atoms with E-state index < -0.39 is 23.5 Å². The predicted octanol–water partition coefficient (Wildman–Crippen LogP) is 3.85. The second-order valence-electron chi connectivity index (χ2n) is 7.07. The molecular weight excluding hydrogens is 399 g/mol. The Bertz CT molecular complexity index is 1160. The number of aliphatic hydroxyl groups excluding tert-OH is 1. The molecule has 0 aliphatic carbocycles. The van der Waals surface area contributed by atoms with Gasteiger partial charge in [-0.1, -0.05) is 30.3 Å². The van der Waals surface area contributed by atoms with Crippen LogP contribution in [-0.4, -0.2) is 33.8 Å². The normalized spacial score (nSPS) is 17.7. The summed E-state index contributed by atoms with van der Waals surface area (Å²) in [5.41, 5.74) is 1.55. The number of halogens is 1. The number of amides is 1. The Balaban J connectivity index is 1.84. The zero-order valence-corrected chi connectivity index (χ0v) is 16.7. The van der Waals surface area contributed by atoms with Gasteiger partial charge >= 0.3 is 0 Å². The van der Waals surface area contributed by atoms with Gasteiger partial charge in [-0.05, 0) is 41.5 Å². The molecule has 1 aliphatic rings. The summed E-state index contributed by atoms with van der Waals surface area (Å²) in [6.07, 6.45) is 3.13. The van der Waals surface area contributed by atoms with E-state index in [-0.39, 0.29) is 17.9 Å². The number of aromatic nitrogens is 1. The molecule has 0 saturated carbocycles. The molecule has 0 bridgehead atoms. The van der Waals surface area contributed by atoms with Crippen LogP contribution in [0, 0.1) is 5.82 Å². The maximum absolute atomic E-state index is 13.3. The van der Waals surface area contributed by atoms with Crippen molar-refractivity contribution in [2.75, 3.05) is 7.11 Å². The minimum atomic E-state index is -0.843. The van der Waals surface area contributed by atoms with Crippen LogP contribution in [0.4, 0.5) is 4.39 Å². The largest absolute Gasteiger partial charge is 0.507 e. The van der Waals surface area contributed by atoms with Gasteiger partial charge in [0.05, 0.1) is 18.7 Å². The van der Waals surface area contributed by atoms with Crippen molar-refractivity contribution >= 4 is 17.4 Å². The monoisotopic (exact) mass is 418 g/mol. The number of ketones is 1. The highest BCUT2D eigenvalue weighted by molar-refractivity contribution is 6.46. The molecule has 1 aromatic heterocycles. The van der Waals surface area contributed by atoms with Crippen molar-refractivity contribution in [3.63, 3.8) is 0 Å². The van der Waals surface area contributed by atoms with Gasteiger partial charge in [0.15, 0.2) is 0 Å². The van der Waals surface area contributed by atoms with Crippen LogP contribution in [0.15, 0.2) is 78.6 Å². The zero-order valence-electron chi connectivity index (χ0n) is 16.7. The van der Waals surface area contributed by atoms with Crippen LogP contribution in [0.25, 0.3) is 5.76 Å². The highest BCUT2D eigenvalue weighted by Gasteiger charge is 2.46. The minimum absolute atomic E-state index is 0.0339. The Labute approximate surface area is 178 Å². The number of hydrogen-bond acceptors (Lipinski definition) is 5. The first-order valence-electron chi connectivity index (χ1n) is 9.57. The molecule has 1 atom stereocenters. The van der Waals surface area contributed by atoms with Gasteiger partial charge in [-0.3, -0.25) is 14.6 Å². The van der Waals surface area contributed by atoms with Crippen molar-refractivity contribution in [1.82, 2.24) is 9.88 Å². The molecule has 31 heavy (non-hydrogen) atoms. The van der Waals surface area contributed by atoms with Crippen molar-refractivity contribution in [3.05, 3.63) is 101 Å². The molecule has 156 valence electrons. The lowest BCUT2D eigenvalue weighted by Crippen LogP contribution is -2.29. The summed E-state index contributed by atoms with van der Waals surface area (Å²) in [6, 6.07) is 14.9. The molecule has 1 N–H and O–H groups in total. The van der Waals surface area contributed by atoms with Crippen molar-refractivity contribution in [2.24, 2.45) is 0 Å². The van der Waals surface area contributed by atoms with E-state index in [4.69, 9.17) is 4.74 Å². The van der Waals surface area contributed by atoms with Gasteiger partial charge in [0.25, 0.3) is 11.7 Å². The standard InChI is InChI=1S/C24H19FN2O4/c1-31-19-6-2-4-16(12-19)22(28)20-21(17-5-3-11-26-13-17)27(24(30)23(20)29)14-15-7-9-18(25)10-8-15/h2-13,21,28H,14H2,1H3/b22-20-. The molecule has 1 saturated heterocycles. The van der Waals surface area contributed by atoms with Gasteiger partial charge < -0.3 is 14.7 Å². The van der Waals surface area contributed by atoms with E-state index in [9.17, 15) is 19.1 Å². The smallest absolute Gasteiger partial charge is 0.295 e. The summed E-state index contributed by atoms with van der Waals surface area (Å²) in [4.78, 5) is 31.4. The number of nitrogens with zero attached hydrogens (tertiary/aromatic N) is 2. The maximum Gasteiger partial charge on any atom is 0.295 e. The molecule has 1 aliphatic heterocycles. The Kier molecular flexibility index (Phi) is 5.49. The SMILES string of the molecule is COc1cccc(/C(O)=C2/C(=O)C(=O)N(Cc3ccc(F)cc3)C2c2cccnc2)c1. The molecule has 1 unspecified atom stereocenters. The van der Waals surface area contributed by atoms with Gasteiger partial charge in [-0.2, -0.15) is 0 Å². The van der Waals surface area contributed by atoms with Crippen LogP contribution in [0.1, 0.15) is 22.7 Å². The summed E-state index contributed by atoms with van der Waals surface area (Å²) < 4.78 is 18.5. The Morgan fingerprint density at radius 2 is 1.90 bits per heavy atom. The summed E-state index contributed by atoms with van der Waals surface area (Å²) >= 11 is 0. The second-order valence-corrected chi connectivity index (χ2v) is 7.07. The third-order valence-corrected chi connectivity index (χ3v) is 5.15. The summed E-state index contributed by atoms with van der Waals surface area (Å²) in [6.45, 7) is 0.0688. The van der Waals surface area contributed by atoms with Gasteiger partial charge in [0.1, 0.15) is 17.3 Å². The summed E-state index contributed by atoms with van der Waals surface area (Å²) in [5.74, 6) is -1.73. The number of methoxy groups -OCH3 is 1. The molecule has 1 amide bonds. The lowest BCUT2D eigenvalue weighted by atomic mass is 9.96. The van der Waals surface area contributed by atoms with E-state index in [0.29, 0.717) is 22.4 Å². The molecule has 0 spiro atoms. The van der Waals surface area contributed by atoms with Crippen molar-refractivity contribution in [1.29, 1.82) is 0 Å². The van der Waals surface area contributed by atoms with Crippen LogP contribution in [0.3, 0.4) is 0 Å². The minimum Gasteiger partial charge on any atom is -0.507 e. The highest BCUT2D eigenvalue weighted by atomic mass is 19.1. The quantitative estimate of drug-likeness (QED) is 0.387. The molecule has 3 aromatic rings. The number of ether oxygens (including phenoxy) is 1. The fraction of sp³-hybridized carbons (Fsp3) is 0.125. The topological polar surface area (TPSA) is 79.7 Å². The molecule has 6 nitrogen and oxygen atoms in total.